The minimum Gasteiger partial charge on any atom is -0.383 e. The second-order valence-electron chi connectivity index (χ2n) is 4.88. The fraction of sp³-hybridized carbons (Fsp3) is 0.0588. The zero-order valence-corrected chi connectivity index (χ0v) is 11.7. The Kier molecular flexibility index (Phi) is 3.28. The van der Waals surface area contributed by atoms with Crippen LogP contribution in [0.3, 0.4) is 0 Å². The number of hydrogen-bond acceptors (Lipinski definition) is 3. The largest absolute Gasteiger partial charge is 0.383 e. The van der Waals surface area contributed by atoms with Gasteiger partial charge in [0.05, 0.1) is 11.3 Å². The average Bonchev–Trinajstić information content (AvgIpc) is 2.85. The lowest BCUT2D eigenvalue weighted by atomic mass is 10.1. The van der Waals surface area contributed by atoms with Crippen LogP contribution in [0.15, 0.2) is 54.6 Å². The van der Waals surface area contributed by atoms with Crippen LogP contribution in [-0.2, 0) is 0 Å². The van der Waals surface area contributed by atoms with E-state index in [-0.39, 0.29) is 0 Å². The van der Waals surface area contributed by atoms with Crippen LogP contribution >= 0.6 is 0 Å². The highest BCUT2D eigenvalue weighted by atomic mass is 16.1. The van der Waals surface area contributed by atoms with Gasteiger partial charge in [0.2, 0.25) is 0 Å². The first kappa shape index (κ1) is 13.1. The van der Waals surface area contributed by atoms with E-state index in [4.69, 9.17) is 5.73 Å². The van der Waals surface area contributed by atoms with Crippen LogP contribution in [0.25, 0.3) is 16.9 Å². The molecule has 0 radical (unpaired) electrons. The van der Waals surface area contributed by atoms with Gasteiger partial charge in [-0.25, -0.2) is 4.68 Å². The Bertz CT molecular complexity index is 774. The summed E-state index contributed by atoms with van der Waals surface area (Å²) in [6, 6.07) is 17.4. The molecule has 3 aromatic rings. The van der Waals surface area contributed by atoms with E-state index < -0.39 is 0 Å². The van der Waals surface area contributed by atoms with Crippen LogP contribution in [0.2, 0.25) is 0 Å². The van der Waals surface area contributed by atoms with Crippen molar-refractivity contribution in [3.05, 3.63) is 65.7 Å². The van der Waals surface area contributed by atoms with Crippen molar-refractivity contribution in [3.8, 4) is 16.9 Å². The second-order valence-corrected chi connectivity index (χ2v) is 4.88. The molecule has 21 heavy (non-hydrogen) atoms. The second kappa shape index (κ2) is 5.25. The number of aryl methyl sites for hydroxylation is 1. The quantitative estimate of drug-likeness (QED) is 0.748. The van der Waals surface area contributed by atoms with Gasteiger partial charge >= 0.3 is 0 Å². The first-order chi connectivity index (χ1) is 10.2. The van der Waals surface area contributed by atoms with Gasteiger partial charge in [-0.1, -0.05) is 48.0 Å². The van der Waals surface area contributed by atoms with Crippen molar-refractivity contribution in [2.45, 2.75) is 6.92 Å². The molecule has 1 heterocycles. The highest BCUT2D eigenvalue weighted by Gasteiger charge is 2.17. The third kappa shape index (κ3) is 2.31. The van der Waals surface area contributed by atoms with Crippen LogP contribution < -0.4 is 5.73 Å². The van der Waals surface area contributed by atoms with Crippen LogP contribution in [0, 0.1) is 6.92 Å². The van der Waals surface area contributed by atoms with Crippen molar-refractivity contribution in [2.75, 3.05) is 5.73 Å². The molecule has 0 atom stereocenters. The molecule has 0 bridgehead atoms. The van der Waals surface area contributed by atoms with Gasteiger partial charge in [-0.2, -0.15) is 5.10 Å². The summed E-state index contributed by atoms with van der Waals surface area (Å²) in [5.74, 6) is 0.353. The number of anilines is 1. The van der Waals surface area contributed by atoms with Gasteiger partial charge < -0.3 is 5.73 Å². The molecule has 2 aromatic carbocycles. The maximum atomic E-state index is 11.4. The molecule has 104 valence electrons. The highest BCUT2D eigenvalue weighted by molar-refractivity contribution is 5.92. The number of carbonyl (C=O) groups excluding carboxylic acids is 1. The number of nitrogen functional groups attached to an aromatic ring is 1. The molecule has 0 fully saturated rings. The molecule has 2 N–H and O–H groups in total. The molecule has 0 spiro atoms. The van der Waals surface area contributed by atoms with Gasteiger partial charge in [0.25, 0.3) is 0 Å². The van der Waals surface area contributed by atoms with Crippen molar-refractivity contribution < 1.29 is 4.79 Å². The number of rotatable bonds is 3. The lowest BCUT2D eigenvalue weighted by Crippen LogP contribution is -2.02. The van der Waals surface area contributed by atoms with Gasteiger partial charge in [-0.15, -0.1) is 0 Å². The molecule has 0 saturated carbocycles. The summed E-state index contributed by atoms with van der Waals surface area (Å²) in [4.78, 5) is 11.4. The number of carbonyl (C=O) groups is 1. The fourth-order valence-corrected chi connectivity index (χ4v) is 2.25. The van der Waals surface area contributed by atoms with E-state index in [2.05, 4.69) is 5.10 Å². The Morgan fingerprint density at radius 3 is 2.33 bits per heavy atom. The standard InChI is InChI=1S/C17H15N3O/c1-12-7-9-13(10-8-12)16-15(11-21)17(18)20(19-16)14-5-3-2-4-6-14/h2-11H,18H2,1H3. The summed E-state index contributed by atoms with van der Waals surface area (Å²) < 4.78 is 1.60. The smallest absolute Gasteiger partial charge is 0.156 e. The molecule has 3 rings (SSSR count). The molecular weight excluding hydrogens is 262 g/mol. The number of nitrogens with zero attached hydrogens (tertiary/aromatic N) is 2. The lowest BCUT2D eigenvalue weighted by Gasteiger charge is -2.02. The molecule has 1 aromatic heterocycles. The van der Waals surface area contributed by atoms with Crippen LogP contribution in [-0.4, -0.2) is 16.1 Å². The van der Waals surface area contributed by atoms with E-state index in [0.717, 1.165) is 23.1 Å². The van der Waals surface area contributed by atoms with Gasteiger partial charge in [0.1, 0.15) is 11.5 Å². The zero-order chi connectivity index (χ0) is 14.8. The van der Waals surface area contributed by atoms with Crippen molar-refractivity contribution in [1.82, 2.24) is 9.78 Å². The van der Waals surface area contributed by atoms with E-state index in [9.17, 15) is 4.79 Å². The van der Waals surface area contributed by atoms with Gasteiger partial charge in [0.15, 0.2) is 6.29 Å². The maximum Gasteiger partial charge on any atom is 0.156 e. The van der Waals surface area contributed by atoms with Crippen molar-refractivity contribution >= 4 is 12.1 Å². The topological polar surface area (TPSA) is 60.9 Å². The number of para-hydroxylation sites is 1. The number of hydrogen-bond donors (Lipinski definition) is 1. The maximum absolute atomic E-state index is 11.4. The fourth-order valence-electron chi connectivity index (χ4n) is 2.25. The zero-order valence-electron chi connectivity index (χ0n) is 11.7. The molecule has 0 unspecified atom stereocenters. The van der Waals surface area contributed by atoms with Crippen LogP contribution in [0.1, 0.15) is 15.9 Å². The highest BCUT2D eigenvalue weighted by Crippen LogP contribution is 2.28. The first-order valence-corrected chi connectivity index (χ1v) is 6.67. The van der Waals surface area contributed by atoms with Crippen molar-refractivity contribution in [2.24, 2.45) is 0 Å². The monoisotopic (exact) mass is 277 g/mol. The summed E-state index contributed by atoms with van der Waals surface area (Å²) in [6.45, 7) is 2.02. The summed E-state index contributed by atoms with van der Waals surface area (Å²) in [7, 11) is 0. The van der Waals surface area contributed by atoms with Crippen LogP contribution in [0.4, 0.5) is 5.82 Å². The molecule has 0 saturated heterocycles. The molecular formula is C17H15N3O. The van der Waals surface area contributed by atoms with Crippen molar-refractivity contribution in [3.63, 3.8) is 0 Å². The Morgan fingerprint density at radius 1 is 1.05 bits per heavy atom. The molecule has 4 heteroatoms. The molecule has 0 aliphatic heterocycles. The van der Waals surface area contributed by atoms with E-state index in [1.165, 1.54) is 0 Å². The Labute approximate surface area is 122 Å². The number of nitrogens with two attached hydrogens (primary N) is 1. The SMILES string of the molecule is Cc1ccc(-c2nn(-c3ccccc3)c(N)c2C=O)cc1. The normalized spacial score (nSPS) is 10.5. The Morgan fingerprint density at radius 2 is 1.71 bits per heavy atom. The lowest BCUT2D eigenvalue weighted by molar-refractivity contribution is 0.112. The molecule has 0 amide bonds. The number of aromatic nitrogens is 2. The van der Waals surface area contributed by atoms with Gasteiger partial charge in [-0.3, -0.25) is 4.79 Å². The number of benzene rings is 2. The third-order valence-electron chi connectivity index (χ3n) is 3.40. The molecule has 0 aliphatic carbocycles. The average molecular weight is 277 g/mol. The van der Waals surface area contributed by atoms with Crippen molar-refractivity contribution in [1.29, 1.82) is 0 Å². The molecule has 0 aliphatic rings. The Balaban J connectivity index is 2.18. The molecule has 4 nitrogen and oxygen atoms in total. The minimum absolute atomic E-state index is 0.353. The third-order valence-corrected chi connectivity index (χ3v) is 3.40. The predicted molar refractivity (Wildman–Crippen MR) is 83.5 cm³/mol. The minimum atomic E-state index is 0.353. The predicted octanol–water partition coefficient (Wildman–Crippen LogP) is 3.24. The van der Waals surface area contributed by atoms with E-state index in [1.807, 2.05) is 61.5 Å². The van der Waals surface area contributed by atoms with Crippen LogP contribution in [0.5, 0.6) is 0 Å². The first-order valence-electron chi connectivity index (χ1n) is 6.67. The van der Waals surface area contributed by atoms with E-state index in [0.29, 0.717) is 17.1 Å². The summed E-state index contributed by atoms with van der Waals surface area (Å²) in [5, 5.41) is 4.51. The summed E-state index contributed by atoms with van der Waals surface area (Å²) >= 11 is 0. The Hall–Kier alpha value is -2.88. The summed E-state index contributed by atoms with van der Waals surface area (Å²) in [5.41, 5.74) is 9.97. The van der Waals surface area contributed by atoms with E-state index >= 15 is 0 Å². The number of aldehydes is 1. The summed E-state index contributed by atoms with van der Waals surface area (Å²) in [6.07, 6.45) is 0.761. The van der Waals surface area contributed by atoms with E-state index in [1.54, 1.807) is 4.68 Å². The van der Waals surface area contributed by atoms with Gasteiger partial charge in [-0.05, 0) is 19.1 Å². The van der Waals surface area contributed by atoms with Gasteiger partial charge in [0, 0.05) is 5.56 Å².